The zero-order chi connectivity index (χ0) is 11.8. The molecule has 0 saturated heterocycles. The lowest BCUT2D eigenvalue weighted by Gasteiger charge is -1.92. The first-order valence-corrected chi connectivity index (χ1v) is 4.37. The van der Waals surface area contributed by atoms with Crippen LogP contribution in [0.4, 0.5) is 0 Å². The molecule has 0 aliphatic carbocycles. The Morgan fingerprint density at radius 2 is 1.73 bits per heavy atom. The van der Waals surface area contributed by atoms with Gasteiger partial charge in [-0.25, -0.2) is 0 Å². The number of hydrogen-bond acceptors (Lipinski definition) is 3. The van der Waals surface area contributed by atoms with E-state index in [1.807, 2.05) is 0 Å². The van der Waals surface area contributed by atoms with Gasteiger partial charge in [-0.15, -0.1) is 0 Å². The number of allylic oxidation sites excluding steroid dienone is 2. The van der Waals surface area contributed by atoms with E-state index in [-0.39, 0.29) is 30.0 Å². The SMILES string of the molecule is CC(=O)C(=CC#CCCC(=O)O)C(C)=O. The number of aliphatic carboxylic acids is 1. The first-order valence-electron chi connectivity index (χ1n) is 4.37. The van der Waals surface area contributed by atoms with E-state index in [2.05, 4.69) is 11.8 Å². The molecule has 0 fully saturated rings. The van der Waals surface area contributed by atoms with Crippen LogP contribution in [0, 0.1) is 11.8 Å². The molecule has 15 heavy (non-hydrogen) atoms. The van der Waals surface area contributed by atoms with Crippen molar-refractivity contribution >= 4 is 17.5 Å². The molecule has 0 saturated carbocycles. The van der Waals surface area contributed by atoms with Crippen molar-refractivity contribution in [2.45, 2.75) is 26.7 Å². The van der Waals surface area contributed by atoms with Crippen LogP contribution in [0.15, 0.2) is 11.6 Å². The van der Waals surface area contributed by atoms with Gasteiger partial charge in [0.05, 0.1) is 12.0 Å². The van der Waals surface area contributed by atoms with Gasteiger partial charge in [0.15, 0.2) is 11.6 Å². The van der Waals surface area contributed by atoms with Crippen molar-refractivity contribution in [2.75, 3.05) is 0 Å². The Labute approximate surface area is 88.0 Å². The molecule has 0 spiro atoms. The average molecular weight is 208 g/mol. The predicted molar refractivity (Wildman–Crippen MR) is 54.1 cm³/mol. The third kappa shape index (κ3) is 6.22. The number of carbonyl (C=O) groups excluding carboxylic acids is 2. The quantitative estimate of drug-likeness (QED) is 0.323. The Morgan fingerprint density at radius 3 is 2.13 bits per heavy atom. The maximum Gasteiger partial charge on any atom is 0.304 e. The van der Waals surface area contributed by atoms with Crippen LogP contribution in [-0.4, -0.2) is 22.6 Å². The molecule has 1 N–H and O–H groups in total. The zero-order valence-corrected chi connectivity index (χ0v) is 8.66. The number of rotatable bonds is 4. The topological polar surface area (TPSA) is 71.4 Å². The largest absolute Gasteiger partial charge is 0.481 e. The van der Waals surface area contributed by atoms with E-state index in [1.54, 1.807) is 0 Å². The first-order chi connectivity index (χ1) is 6.95. The lowest BCUT2D eigenvalue weighted by molar-refractivity contribution is -0.136. The summed E-state index contributed by atoms with van der Waals surface area (Å²) < 4.78 is 0. The molecule has 0 radical (unpaired) electrons. The van der Waals surface area contributed by atoms with Crippen LogP contribution in [0.25, 0.3) is 0 Å². The molecule has 4 heteroatoms. The highest BCUT2D eigenvalue weighted by Gasteiger charge is 2.07. The standard InChI is InChI=1S/C11H12O4/c1-8(12)10(9(2)13)6-4-3-5-7-11(14)15/h6H,5,7H2,1-2H3,(H,14,15). The minimum absolute atomic E-state index is 0.0397. The van der Waals surface area contributed by atoms with Crippen LogP contribution in [0.5, 0.6) is 0 Å². The van der Waals surface area contributed by atoms with Crippen molar-refractivity contribution < 1.29 is 19.5 Å². The summed E-state index contributed by atoms with van der Waals surface area (Å²) in [5.74, 6) is 3.43. The van der Waals surface area contributed by atoms with Gasteiger partial charge in [0.1, 0.15) is 0 Å². The van der Waals surface area contributed by atoms with Gasteiger partial charge in [-0.1, -0.05) is 11.8 Å². The Hall–Kier alpha value is -1.89. The van der Waals surface area contributed by atoms with Crippen LogP contribution in [0.2, 0.25) is 0 Å². The third-order valence-corrected chi connectivity index (χ3v) is 1.54. The summed E-state index contributed by atoms with van der Waals surface area (Å²) in [7, 11) is 0. The van der Waals surface area contributed by atoms with Crippen LogP contribution in [0.1, 0.15) is 26.7 Å². The van der Waals surface area contributed by atoms with Gasteiger partial charge in [-0.3, -0.25) is 14.4 Å². The van der Waals surface area contributed by atoms with Gasteiger partial charge in [-0.2, -0.15) is 0 Å². The molecule has 0 atom stereocenters. The lowest BCUT2D eigenvalue weighted by atomic mass is 10.1. The highest BCUT2D eigenvalue weighted by molar-refractivity contribution is 6.18. The number of carboxylic acids is 1. The van der Waals surface area contributed by atoms with E-state index < -0.39 is 5.97 Å². The molecule has 0 aliphatic rings. The van der Waals surface area contributed by atoms with Gasteiger partial charge >= 0.3 is 5.97 Å². The lowest BCUT2D eigenvalue weighted by Crippen LogP contribution is -2.05. The normalized spacial score (nSPS) is 8.40. The smallest absolute Gasteiger partial charge is 0.304 e. The van der Waals surface area contributed by atoms with E-state index in [0.717, 1.165) is 0 Å². The first kappa shape index (κ1) is 13.1. The summed E-state index contributed by atoms with van der Waals surface area (Å²) in [5.41, 5.74) is 0.0397. The van der Waals surface area contributed by atoms with Crippen LogP contribution >= 0.6 is 0 Å². The second-order valence-electron chi connectivity index (χ2n) is 2.89. The van der Waals surface area contributed by atoms with Gasteiger partial charge in [-0.05, 0) is 13.8 Å². The minimum atomic E-state index is -0.924. The van der Waals surface area contributed by atoms with Gasteiger partial charge in [0.2, 0.25) is 0 Å². The Bertz CT molecular complexity index is 350. The Balaban J connectivity index is 4.39. The zero-order valence-electron chi connectivity index (χ0n) is 8.66. The molecule has 0 aliphatic heterocycles. The number of carboxylic acid groups (broad SMARTS) is 1. The van der Waals surface area contributed by atoms with E-state index in [9.17, 15) is 14.4 Å². The van der Waals surface area contributed by atoms with Crippen molar-refractivity contribution in [2.24, 2.45) is 0 Å². The monoisotopic (exact) mass is 208 g/mol. The fourth-order valence-electron chi connectivity index (χ4n) is 0.816. The number of Topliss-reactive ketones (excluding diaryl/α,β-unsaturated/α-hetero) is 2. The van der Waals surface area contributed by atoms with Gasteiger partial charge in [0.25, 0.3) is 0 Å². The maximum atomic E-state index is 10.9. The molecule has 0 aromatic carbocycles. The molecule has 0 rings (SSSR count). The maximum absolute atomic E-state index is 10.9. The van der Waals surface area contributed by atoms with Crippen molar-refractivity contribution in [1.82, 2.24) is 0 Å². The summed E-state index contributed by atoms with van der Waals surface area (Å²) in [6, 6.07) is 0. The molecule has 0 bridgehead atoms. The van der Waals surface area contributed by atoms with Gasteiger partial charge < -0.3 is 5.11 Å². The van der Waals surface area contributed by atoms with E-state index in [4.69, 9.17) is 5.11 Å². The highest BCUT2D eigenvalue weighted by atomic mass is 16.4. The summed E-state index contributed by atoms with van der Waals surface area (Å²) in [5, 5.41) is 8.31. The van der Waals surface area contributed by atoms with Crippen molar-refractivity contribution in [1.29, 1.82) is 0 Å². The summed E-state index contributed by atoms with van der Waals surface area (Å²) in [4.78, 5) is 31.9. The van der Waals surface area contributed by atoms with Crippen molar-refractivity contribution in [3.05, 3.63) is 11.6 Å². The molecule has 4 nitrogen and oxygen atoms in total. The van der Waals surface area contributed by atoms with E-state index >= 15 is 0 Å². The predicted octanol–water partition coefficient (Wildman–Crippen LogP) is 0.959. The number of ketones is 2. The van der Waals surface area contributed by atoms with Crippen molar-refractivity contribution in [3.8, 4) is 11.8 Å². The molecule has 0 aromatic heterocycles. The van der Waals surface area contributed by atoms with Crippen LogP contribution in [0.3, 0.4) is 0 Å². The van der Waals surface area contributed by atoms with E-state index in [1.165, 1.54) is 19.9 Å². The van der Waals surface area contributed by atoms with Gasteiger partial charge in [0, 0.05) is 12.5 Å². The second-order valence-corrected chi connectivity index (χ2v) is 2.89. The van der Waals surface area contributed by atoms with Crippen LogP contribution in [-0.2, 0) is 14.4 Å². The fraction of sp³-hybridized carbons (Fsp3) is 0.364. The Morgan fingerprint density at radius 1 is 1.20 bits per heavy atom. The summed E-state index contributed by atoms with van der Waals surface area (Å²) in [6.45, 7) is 2.57. The molecule has 80 valence electrons. The molecule has 0 amide bonds. The highest BCUT2D eigenvalue weighted by Crippen LogP contribution is 1.97. The average Bonchev–Trinajstić information content (AvgIpc) is 2.08. The van der Waals surface area contributed by atoms with Crippen LogP contribution < -0.4 is 0 Å². The third-order valence-electron chi connectivity index (χ3n) is 1.54. The number of hydrogen-bond donors (Lipinski definition) is 1. The molecular formula is C11H12O4. The molecule has 0 aromatic rings. The van der Waals surface area contributed by atoms with E-state index in [0.29, 0.717) is 0 Å². The summed E-state index contributed by atoms with van der Waals surface area (Å²) in [6.07, 6.45) is 1.39. The minimum Gasteiger partial charge on any atom is -0.481 e. The van der Waals surface area contributed by atoms with Crippen molar-refractivity contribution in [3.63, 3.8) is 0 Å². The molecule has 0 unspecified atom stereocenters. The Kier molecular flexibility index (Phi) is 5.72. The number of carbonyl (C=O) groups is 3. The second kappa shape index (κ2) is 6.55. The summed E-state index contributed by atoms with van der Waals surface area (Å²) >= 11 is 0. The molecular weight excluding hydrogens is 196 g/mol. The molecule has 0 heterocycles. The fourth-order valence-corrected chi connectivity index (χ4v) is 0.816.